The number of carbonyl (C=O) groups is 1. The zero-order valence-corrected chi connectivity index (χ0v) is 13.3. The third-order valence-electron chi connectivity index (χ3n) is 4.15. The highest BCUT2D eigenvalue weighted by Gasteiger charge is 2.15. The van der Waals surface area contributed by atoms with Crippen LogP contribution in [0.3, 0.4) is 0 Å². The monoisotopic (exact) mass is 289 g/mol. The van der Waals surface area contributed by atoms with Gasteiger partial charge in [0.15, 0.2) is 0 Å². The van der Waals surface area contributed by atoms with Crippen molar-refractivity contribution in [2.45, 2.75) is 33.1 Å². The fourth-order valence-electron chi connectivity index (χ4n) is 2.81. The molecule has 4 nitrogen and oxygen atoms in total. The lowest BCUT2D eigenvalue weighted by Crippen LogP contribution is -2.39. The van der Waals surface area contributed by atoms with Crippen molar-refractivity contribution in [2.75, 3.05) is 42.9 Å². The van der Waals surface area contributed by atoms with Gasteiger partial charge in [-0.2, -0.15) is 0 Å². The molecule has 1 aromatic rings. The van der Waals surface area contributed by atoms with Crippen LogP contribution in [0.25, 0.3) is 0 Å². The number of anilines is 2. The summed E-state index contributed by atoms with van der Waals surface area (Å²) < 4.78 is 0. The van der Waals surface area contributed by atoms with Gasteiger partial charge in [0.05, 0.1) is 6.54 Å². The molecule has 1 aliphatic rings. The van der Waals surface area contributed by atoms with E-state index in [2.05, 4.69) is 48.3 Å². The van der Waals surface area contributed by atoms with Gasteiger partial charge in [0.2, 0.25) is 5.91 Å². The van der Waals surface area contributed by atoms with Crippen LogP contribution in [0.5, 0.6) is 0 Å². The van der Waals surface area contributed by atoms with Gasteiger partial charge in [-0.15, -0.1) is 0 Å². The third kappa shape index (κ3) is 4.38. The van der Waals surface area contributed by atoms with Crippen molar-refractivity contribution in [3.8, 4) is 0 Å². The van der Waals surface area contributed by atoms with Gasteiger partial charge in [-0.05, 0) is 57.4 Å². The molecule has 1 saturated heterocycles. The van der Waals surface area contributed by atoms with Crippen molar-refractivity contribution >= 4 is 17.3 Å². The normalized spacial score (nSPS) is 14.9. The maximum Gasteiger partial charge on any atom is 0.241 e. The van der Waals surface area contributed by atoms with Crippen LogP contribution in [0, 0.1) is 0 Å². The van der Waals surface area contributed by atoms with Gasteiger partial charge < -0.3 is 15.1 Å². The quantitative estimate of drug-likeness (QED) is 0.874. The minimum absolute atomic E-state index is 0.211. The van der Waals surface area contributed by atoms with E-state index in [9.17, 15) is 4.79 Å². The van der Waals surface area contributed by atoms with Crippen LogP contribution in [-0.4, -0.2) is 43.5 Å². The Morgan fingerprint density at radius 2 is 1.71 bits per heavy atom. The Bertz CT molecular complexity index is 434. The summed E-state index contributed by atoms with van der Waals surface area (Å²) in [5.41, 5.74) is 2.24. The number of nitrogens with one attached hydrogen (secondary N) is 1. The van der Waals surface area contributed by atoms with Crippen molar-refractivity contribution in [3.63, 3.8) is 0 Å². The Balaban J connectivity index is 1.84. The van der Waals surface area contributed by atoms with E-state index < -0.39 is 0 Å². The Labute approximate surface area is 128 Å². The van der Waals surface area contributed by atoms with Gasteiger partial charge in [0, 0.05) is 37.6 Å². The first kappa shape index (κ1) is 15.7. The number of likely N-dealkylation sites (tertiary alicyclic amines) is 1. The highest BCUT2D eigenvalue weighted by molar-refractivity contribution is 5.81. The zero-order valence-electron chi connectivity index (χ0n) is 13.3. The molecule has 2 rings (SSSR count). The topological polar surface area (TPSA) is 35.6 Å². The molecule has 1 fully saturated rings. The SMILES string of the molecule is CCN(CC)c1ccc(NCC(=O)N2CCCCC2)cc1. The molecule has 0 aliphatic carbocycles. The van der Waals surface area contributed by atoms with Crippen LogP contribution in [-0.2, 0) is 4.79 Å². The van der Waals surface area contributed by atoms with Gasteiger partial charge >= 0.3 is 0 Å². The van der Waals surface area contributed by atoms with Crippen LogP contribution < -0.4 is 10.2 Å². The summed E-state index contributed by atoms with van der Waals surface area (Å²) >= 11 is 0. The molecule has 0 aromatic heterocycles. The lowest BCUT2D eigenvalue weighted by Gasteiger charge is -2.27. The molecule has 1 aliphatic heterocycles. The summed E-state index contributed by atoms with van der Waals surface area (Å²) in [4.78, 5) is 16.4. The van der Waals surface area contributed by atoms with Crippen LogP contribution in [0.1, 0.15) is 33.1 Å². The van der Waals surface area contributed by atoms with Gasteiger partial charge in [-0.1, -0.05) is 0 Å². The molecule has 0 bridgehead atoms. The molecule has 0 radical (unpaired) electrons. The molecule has 1 amide bonds. The molecular weight excluding hydrogens is 262 g/mol. The molecule has 1 heterocycles. The Hall–Kier alpha value is -1.71. The summed E-state index contributed by atoms with van der Waals surface area (Å²) in [6, 6.07) is 8.33. The summed E-state index contributed by atoms with van der Waals surface area (Å²) in [7, 11) is 0. The third-order valence-corrected chi connectivity index (χ3v) is 4.15. The van der Waals surface area contributed by atoms with E-state index in [4.69, 9.17) is 0 Å². The van der Waals surface area contributed by atoms with Crippen molar-refractivity contribution < 1.29 is 4.79 Å². The van der Waals surface area contributed by atoms with Gasteiger partial charge in [-0.25, -0.2) is 0 Å². The molecule has 116 valence electrons. The zero-order chi connectivity index (χ0) is 15.1. The summed E-state index contributed by atoms with van der Waals surface area (Å²) in [5, 5.41) is 3.23. The van der Waals surface area contributed by atoms with E-state index in [0.717, 1.165) is 44.7 Å². The van der Waals surface area contributed by atoms with E-state index in [1.165, 1.54) is 12.1 Å². The minimum atomic E-state index is 0.211. The second-order valence-electron chi connectivity index (χ2n) is 5.51. The summed E-state index contributed by atoms with van der Waals surface area (Å²) in [6.45, 7) is 8.57. The van der Waals surface area contributed by atoms with Crippen molar-refractivity contribution in [1.82, 2.24) is 4.90 Å². The molecule has 0 saturated carbocycles. The maximum absolute atomic E-state index is 12.1. The second kappa shape index (κ2) is 7.91. The van der Waals surface area contributed by atoms with E-state index in [1.807, 2.05) is 4.90 Å². The number of nitrogens with zero attached hydrogens (tertiary/aromatic N) is 2. The predicted octanol–water partition coefficient (Wildman–Crippen LogP) is 2.96. The van der Waals surface area contributed by atoms with Gasteiger partial charge in [0.1, 0.15) is 0 Å². The van der Waals surface area contributed by atoms with Crippen molar-refractivity contribution in [2.24, 2.45) is 0 Å². The molecule has 1 N–H and O–H groups in total. The van der Waals surface area contributed by atoms with E-state index in [0.29, 0.717) is 6.54 Å². The second-order valence-corrected chi connectivity index (χ2v) is 5.51. The molecule has 0 unspecified atom stereocenters. The molecule has 4 heteroatoms. The van der Waals surface area contributed by atoms with Crippen molar-refractivity contribution in [1.29, 1.82) is 0 Å². The Kier molecular flexibility index (Phi) is 5.90. The van der Waals surface area contributed by atoms with Crippen LogP contribution in [0.2, 0.25) is 0 Å². The smallest absolute Gasteiger partial charge is 0.241 e. The lowest BCUT2D eigenvalue weighted by molar-refractivity contribution is -0.130. The highest BCUT2D eigenvalue weighted by atomic mass is 16.2. The van der Waals surface area contributed by atoms with Crippen LogP contribution in [0.15, 0.2) is 24.3 Å². The first-order chi connectivity index (χ1) is 10.2. The van der Waals surface area contributed by atoms with Crippen molar-refractivity contribution in [3.05, 3.63) is 24.3 Å². The van der Waals surface area contributed by atoms with E-state index >= 15 is 0 Å². The van der Waals surface area contributed by atoms with Crippen LogP contribution in [0.4, 0.5) is 11.4 Å². The standard InChI is InChI=1S/C17H27N3O/c1-3-19(4-2)16-10-8-15(9-11-16)18-14-17(21)20-12-6-5-7-13-20/h8-11,18H,3-7,12-14H2,1-2H3. The first-order valence-corrected chi connectivity index (χ1v) is 8.11. The molecule has 0 spiro atoms. The van der Waals surface area contributed by atoms with Crippen LogP contribution >= 0.6 is 0 Å². The Morgan fingerprint density at radius 1 is 1.10 bits per heavy atom. The number of benzene rings is 1. The summed E-state index contributed by atoms with van der Waals surface area (Å²) in [5.74, 6) is 0.211. The molecule has 1 aromatic carbocycles. The number of hydrogen-bond donors (Lipinski definition) is 1. The fourth-order valence-corrected chi connectivity index (χ4v) is 2.81. The Morgan fingerprint density at radius 3 is 2.29 bits per heavy atom. The number of piperidine rings is 1. The van der Waals surface area contributed by atoms with Gasteiger partial charge in [-0.3, -0.25) is 4.79 Å². The molecular formula is C17H27N3O. The summed E-state index contributed by atoms with van der Waals surface area (Å²) in [6.07, 6.45) is 3.54. The molecule has 21 heavy (non-hydrogen) atoms. The lowest BCUT2D eigenvalue weighted by atomic mass is 10.1. The van der Waals surface area contributed by atoms with E-state index in [-0.39, 0.29) is 5.91 Å². The average molecular weight is 289 g/mol. The maximum atomic E-state index is 12.1. The highest BCUT2D eigenvalue weighted by Crippen LogP contribution is 2.17. The fraction of sp³-hybridized carbons (Fsp3) is 0.588. The minimum Gasteiger partial charge on any atom is -0.376 e. The average Bonchev–Trinajstić information content (AvgIpc) is 2.55. The van der Waals surface area contributed by atoms with Gasteiger partial charge in [0.25, 0.3) is 0 Å². The first-order valence-electron chi connectivity index (χ1n) is 8.11. The predicted molar refractivity (Wildman–Crippen MR) is 88.9 cm³/mol. The number of carbonyl (C=O) groups excluding carboxylic acids is 1. The number of hydrogen-bond acceptors (Lipinski definition) is 3. The molecule has 0 atom stereocenters. The van der Waals surface area contributed by atoms with E-state index in [1.54, 1.807) is 0 Å². The largest absolute Gasteiger partial charge is 0.376 e. The number of rotatable bonds is 6. The number of amides is 1.